The molecule has 0 radical (unpaired) electrons. The number of azo groups is 1. The third-order valence-electron chi connectivity index (χ3n) is 3.99. The van der Waals surface area contributed by atoms with Crippen molar-refractivity contribution < 1.29 is 31.0 Å². The molecule has 0 aliphatic carbocycles. The second-order valence-electron chi connectivity index (χ2n) is 6.14. The average Bonchev–Trinajstić information content (AvgIpc) is 2.94. The molecule has 1 heterocycles. The van der Waals surface area contributed by atoms with Crippen LogP contribution in [0.1, 0.15) is 5.69 Å². The first-order chi connectivity index (χ1) is 14.3. The van der Waals surface area contributed by atoms with Crippen LogP contribution in [-0.2, 0) is 20.2 Å². The Morgan fingerprint density at radius 2 is 1.61 bits per heavy atom. The maximum atomic E-state index is 12.7. The molecular weight excluding hydrogens is 476 g/mol. The molecule has 0 fully saturated rings. The zero-order valence-electron chi connectivity index (χ0n) is 15.4. The Kier molecular flexibility index (Phi) is 5.77. The molecule has 0 atom stereocenters. The van der Waals surface area contributed by atoms with E-state index < -0.39 is 42.1 Å². The van der Waals surface area contributed by atoms with Crippen molar-refractivity contribution in [3.8, 4) is 11.4 Å². The van der Waals surface area contributed by atoms with Crippen LogP contribution in [-0.4, -0.2) is 40.8 Å². The van der Waals surface area contributed by atoms with E-state index in [4.69, 9.17) is 20.7 Å². The Morgan fingerprint density at radius 3 is 2.16 bits per heavy atom. The second kappa shape index (κ2) is 7.90. The Morgan fingerprint density at radius 1 is 1.00 bits per heavy atom. The van der Waals surface area contributed by atoms with Gasteiger partial charge in [-0.25, -0.2) is 4.68 Å². The van der Waals surface area contributed by atoms with Gasteiger partial charge in [0.2, 0.25) is 0 Å². The summed E-state index contributed by atoms with van der Waals surface area (Å²) in [6, 6.07) is 6.61. The van der Waals surface area contributed by atoms with Gasteiger partial charge in [-0.05, 0) is 43.3 Å². The van der Waals surface area contributed by atoms with E-state index in [1.54, 1.807) is 0 Å². The lowest BCUT2D eigenvalue weighted by Crippen LogP contribution is -2.14. The first-order valence-corrected chi connectivity index (χ1v) is 11.4. The van der Waals surface area contributed by atoms with Gasteiger partial charge in [0.25, 0.3) is 25.8 Å². The normalized spacial score (nSPS) is 12.5. The number of nitrogens with one attached hydrogen (secondary N) is 1. The summed E-state index contributed by atoms with van der Waals surface area (Å²) in [5.41, 5.74) is -0.849. The molecule has 1 aromatic heterocycles. The van der Waals surface area contributed by atoms with Gasteiger partial charge in [0, 0.05) is 5.02 Å². The standard InChI is InChI=1S/C16H13ClN4O8S2/c1-8-14(19-18-12-6-9(17)7-13(15(12)22)31(27,28)29)16(23)21(20-8)10-2-4-11(5-3-10)30(24,25)26/h2-7,20,22H,1H3,(H,24,25,26)(H,27,28,29). The Hall–Kier alpha value is -3.04. The summed E-state index contributed by atoms with van der Waals surface area (Å²) in [6.07, 6.45) is 0. The van der Waals surface area contributed by atoms with E-state index in [0.29, 0.717) is 0 Å². The summed E-state index contributed by atoms with van der Waals surface area (Å²) in [7, 11) is -9.19. The first kappa shape index (κ1) is 22.6. The second-order valence-corrected chi connectivity index (χ2v) is 9.39. The van der Waals surface area contributed by atoms with E-state index in [0.717, 1.165) is 28.9 Å². The largest absolute Gasteiger partial charge is 0.504 e. The van der Waals surface area contributed by atoms with Crippen LogP contribution in [0.15, 0.2) is 61.2 Å². The van der Waals surface area contributed by atoms with Crippen LogP contribution in [0.3, 0.4) is 0 Å². The molecule has 4 N–H and O–H groups in total. The molecule has 3 aromatic rings. The Labute approximate surface area is 179 Å². The molecule has 0 saturated heterocycles. The van der Waals surface area contributed by atoms with Gasteiger partial charge < -0.3 is 5.11 Å². The number of phenols is 1. The van der Waals surface area contributed by atoms with E-state index in [9.17, 15) is 26.7 Å². The number of nitrogens with zero attached hydrogens (tertiary/aromatic N) is 3. The van der Waals surface area contributed by atoms with Crippen molar-refractivity contribution in [2.75, 3.05) is 0 Å². The highest BCUT2D eigenvalue weighted by atomic mass is 35.5. The van der Waals surface area contributed by atoms with Crippen LogP contribution in [0.5, 0.6) is 5.75 Å². The van der Waals surface area contributed by atoms with Crippen LogP contribution in [0, 0.1) is 6.92 Å². The van der Waals surface area contributed by atoms with Crippen LogP contribution in [0.2, 0.25) is 5.02 Å². The summed E-state index contributed by atoms with van der Waals surface area (Å²) in [4.78, 5) is 11.4. The first-order valence-electron chi connectivity index (χ1n) is 8.10. The van der Waals surface area contributed by atoms with Crippen molar-refractivity contribution in [2.45, 2.75) is 16.7 Å². The van der Waals surface area contributed by atoms with Crippen molar-refractivity contribution in [3.63, 3.8) is 0 Å². The number of rotatable bonds is 5. The Balaban J connectivity index is 2.04. The maximum Gasteiger partial charge on any atom is 0.299 e. The molecule has 0 bridgehead atoms. The fraction of sp³-hybridized carbons (Fsp3) is 0.0625. The SMILES string of the molecule is Cc1[nH]n(-c2ccc(S(=O)(=O)O)cc2)c(=O)c1N=Nc1cc(Cl)cc(S(=O)(=O)O)c1O. The van der Waals surface area contributed by atoms with E-state index in [-0.39, 0.29) is 27.0 Å². The number of aryl methyl sites for hydroxylation is 1. The predicted octanol–water partition coefficient (Wildman–Crippen LogP) is 2.74. The van der Waals surface area contributed by atoms with Gasteiger partial charge in [0.1, 0.15) is 10.6 Å². The smallest absolute Gasteiger partial charge is 0.299 e. The molecule has 2 aromatic carbocycles. The number of hydrogen-bond acceptors (Lipinski definition) is 8. The number of halogens is 1. The zero-order valence-corrected chi connectivity index (χ0v) is 17.8. The predicted molar refractivity (Wildman–Crippen MR) is 108 cm³/mol. The van der Waals surface area contributed by atoms with E-state index in [2.05, 4.69) is 15.3 Å². The van der Waals surface area contributed by atoms with Gasteiger partial charge >= 0.3 is 0 Å². The van der Waals surface area contributed by atoms with Crippen LogP contribution >= 0.6 is 11.6 Å². The third kappa shape index (κ3) is 4.67. The van der Waals surface area contributed by atoms with Crippen molar-refractivity contribution in [2.24, 2.45) is 10.2 Å². The highest BCUT2D eigenvalue weighted by Crippen LogP contribution is 2.37. The van der Waals surface area contributed by atoms with E-state index in [1.165, 1.54) is 19.1 Å². The van der Waals surface area contributed by atoms with Gasteiger partial charge in [-0.15, -0.1) is 10.2 Å². The summed E-state index contributed by atoms with van der Waals surface area (Å²) < 4.78 is 64.2. The highest BCUT2D eigenvalue weighted by molar-refractivity contribution is 7.86. The monoisotopic (exact) mass is 488 g/mol. The Bertz CT molecular complexity index is 1470. The number of H-pyrrole nitrogens is 1. The molecule has 0 aliphatic heterocycles. The third-order valence-corrected chi connectivity index (χ3v) is 5.94. The molecule has 0 unspecified atom stereocenters. The molecule has 15 heteroatoms. The lowest BCUT2D eigenvalue weighted by atomic mass is 10.3. The number of benzene rings is 2. The molecule has 0 amide bonds. The quantitative estimate of drug-likeness (QED) is 0.311. The number of phenolic OH excluding ortho intramolecular Hbond substituents is 1. The van der Waals surface area contributed by atoms with Crippen LogP contribution in [0.25, 0.3) is 5.69 Å². The van der Waals surface area contributed by atoms with E-state index >= 15 is 0 Å². The van der Waals surface area contributed by atoms with Gasteiger partial charge in [0.15, 0.2) is 11.4 Å². The van der Waals surface area contributed by atoms with Crippen molar-refractivity contribution in [1.29, 1.82) is 0 Å². The van der Waals surface area contributed by atoms with Crippen molar-refractivity contribution in [3.05, 3.63) is 57.5 Å². The fourth-order valence-corrected chi connectivity index (χ4v) is 3.92. The minimum absolute atomic E-state index is 0.165. The molecule has 12 nitrogen and oxygen atoms in total. The van der Waals surface area contributed by atoms with Gasteiger partial charge in [-0.1, -0.05) is 11.6 Å². The van der Waals surface area contributed by atoms with E-state index in [1.807, 2.05) is 0 Å². The van der Waals surface area contributed by atoms with Crippen molar-refractivity contribution >= 4 is 43.2 Å². The highest BCUT2D eigenvalue weighted by Gasteiger charge is 2.20. The number of aromatic hydroxyl groups is 1. The number of hydrogen-bond donors (Lipinski definition) is 4. The summed E-state index contributed by atoms with van der Waals surface area (Å²) >= 11 is 5.78. The fourth-order valence-electron chi connectivity index (χ4n) is 2.54. The molecule has 164 valence electrons. The van der Waals surface area contributed by atoms with Gasteiger partial charge in [-0.3, -0.25) is 19.0 Å². The van der Waals surface area contributed by atoms with Gasteiger partial charge in [0.05, 0.1) is 16.3 Å². The average molecular weight is 489 g/mol. The molecule has 0 spiro atoms. The topological polar surface area (TPSA) is 191 Å². The summed E-state index contributed by atoms with van der Waals surface area (Å²) in [6.45, 7) is 1.49. The van der Waals surface area contributed by atoms with Crippen LogP contribution < -0.4 is 5.56 Å². The van der Waals surface area contributed by atoms with Crippen LogP contribution in [0.4, 0.5) is 11.4 Å². The molecule has 0 aliphatic rings. The lowest BCUT2D eigenvalue weighted by Gasteiger charge is -2.04. The van der Waals surface area contributed by atoms with Gasteiger partial charge in [-0.2, -0.15) is 16.8 Å². The molecule has 0 saturated carbocycles. The number of aromatic amines is 1. The molecule has 31 heavy (non-hydrogen) atoms. The summed E-state index contributed by atoms with van der Waals surface area (Å²) in [5, 5.41) is 20.0. The lowest BCUT2D eigenvalue weighted by molar-refractivity contribution is 0.444. The van der Waals surface area contributed by atoms with Crippen molar-refractivity contribution in [1.82, 2.24) is 9.78 Å². The molecular formula is C16H13ClN4O8S2. The minimum Gasteiger partial charge on any atom is -0.504 e. The maximum absolute atomic E-state index is 12.7. The number of aromatic nitrogens is 2. The molecule has 3 rings (SSSR count). The minimum atomic E-state index is -4.79. The zero-order chi connectivity index (χ0) is 23.1. The summed E-state index contributed by atoms with van der Waals surface area (Å²) in [5.74, 6) is -0.912.